The standard InChI is InChI=1S/C19H28N4O2S/c1-13(2)11-23(12-14(3)4)19-21-10-17(18(20)22-19)26(24,25)16-8-6-15(5)7-9-16/h6-10,13-14H,11-12H2,1-5H3,(H2,20,21,22). The average Bonchev–Trinajstić information content (AvgIpc) is 2.53. The maximum atomic E-state index is 12.8. The van der Waals surface area contributed by atoms with E-state index in [2.05, 4.69) is 37.7 Å². The summed E-state index contributed by atoms with van der Waals surface area (Å²) in [6.07, 6.45) is 1.32. The van der Waals surface area contributed by atoms with Crippen LogP contribution >= 0.6 is 0 Å². The van der Waals surface area contributed by atoms with Gasteiger partial charge in [0.15, 0.2) is 0 Å². The van der Waals surface area contributed by atoms with Crippen molar-refractivity contribution in [2.24, 2.45) is 11.8 Å². The van der Waals surface area contributed by atoms with E-state index in [0.717, 1.165) is 18.7 Å². The van der Waals surface area contributed by atoms with E-state index in [1.165, 1.54) is 6.20 Å². The first-order valence-electron chi connectivity index (χ1n) is 8.80. The Balaban J connectivity index is 2.40. The molecule has 1 aromatic heterocycles. The summed E-state index contributed by atoms with van der Waals surface area (Å²) < 4.78 is 25.7. The molecule has 142 valence electrons. The van der Waals surface area contributed by atoms with Crippen LogP contribution in [0.15, 0.2) is 40.3 Å². The van der Waals surface area contributed by atoms with Crippen molar-refractivity contribution in [3.8, 4) is 0 Å². The molecular weight excluding hydrogens is 348 g/mol. The number of rotatable bonds is 7. The summed E-state index contributed by atoms with van der Waals surface area (Å²) in [5.74, 6) is 1.30. The van der Waals surface area contributed by atoms with E-state index in [0.29, 0.717) is 17.8 Å². The van der Waals surface area contributed by atoms with Crippen LogP contribution in [0.25, 0.3) is 0 Å². The van der Waals surface area contributed by atoms with Crippen LogP contribution in [0.3, 0.4) is 0 Å². The summed E-state index contributed by atoms with van der Waals surface area (Å²) in [5.41, 5.74) is 7.00. The Morgan fingerprint density at radius 1 is 1.04 bits per heavy atom. The summed E-state index contributed by atoms with van der Waals surface area (Å²) in [5, 5.41) is 0. The second kappa shape index (κ2) is 8.03. The lowest BCUT2D eigenvalue weighted by atomic mass is 10.1. The van der Waals surface area contributed by atoms with Gasteiger partial charge in [0.2, 0.25) is 15.8 Å². The summed E-state index contributed by atoms with van der Waals surface area (Å²) in [6, 6.07) is 6.65. The van der Waals surface area contributed by atoms with Gasteiger partial charge in [-0.3, -0.25) is 0 Å². The molecule has 0 fully saturated rings. The van der Waals surface area contributed by atoms with Gasteiger partial charge in [-0.25, -0.2) is 13.4 Å². The lowest BCUT2D eigenvalue weighted by Gasteiger charge is -2.26. The molecule has 7 heteroatoms. The Hall–Kier alpha value is -2.15. The second-order valence-corrected chi connectivity index (χ2v) is 9.35. The first-order chi connectivity index (χ1) is 12.1. The van der Waals surface area contributed by atoms with Gasteiger partial charge in [-0.2, -0.15) is 4.98 Å². The molecule has 0 radical (unpaired) electrons. The van der Waals surface area contributed by atoms with E-state index < -0.39 is 9.84 Å². The minimum atomic E-state index is -3.74. The van der Waals surface area contributed by atoms with Crippen molar-refractivity contribution in [2.45, 2.75) is 44.4 Å². The van der Waals surface area contributed by atoms with Crippen molar-refractivity contribution in [2.75, 3.05) is 23.7 Å². The quantitative estimate of drug-likeness (QED) is 0.797. The molecule has 0 aliphatic rings. The van der Waals surface area contributed by atoms with Gasteiger partial charge in [-0.15, -0.1) is 0 Å². The molecule has 2 N–H and O–H groups in total. The predicted molar refractivity (Wildman–Crippen MR) is 105 cm³/mol. The molecule has 0 spiro atoms. The Morgan fingerprint density at radius 3 is 2.04 bits per heavy atom. The number of nitrogen functional groups attached to an aromatic ring is 1. The first kappa shape index (κ1) is 20.2. The molecule has 0 atom stereocenters. The molecule has 0 aliphatic carbocycles. The van der Waals surface area contributed by atoms with E-state index in [4.69, 9.17) is 5.73 Å². The number of hydrogen-bond acceptors (Lipinski definition) is 6. The van der Waals surface area contributed by atoms with E-state index >= 15 is 0 Å². The van der Waals surface area contributed by atoms with Crippen molar-refractivity contribution in [3.05, 3.63) is 36.0 Å². The van der Waals surface area contributed by atoms with Crippen molar-refractivity contribution in [1.29, 1.82) is 0 Å². The molecule has 2 rings (SSSR count). The van der Waals surface area contributed by atoms with Crippen molar-refractivity contribution >= 4 is 21.6 Å². The lowest BCUT2D eigenvalue weighted by Crippen LogP contribution is -2.33. The topological polar surface area (TPSA) is 89.2 Å². The molecule has 0 unspecified atom stereocenters. The number of benzene rings is 1. The van der Waals surface area contributed by atoms with Gasteiger partial charge in [-0.05, 0) is 30.9 Å². The van der Waals surface area contributed by atoms with Crippen LogP contribution in [-0.2, 0) is 9.84 Å². The Kier molecular flexibility index (Phi) is 6.23. The van der Waals surface area contributed by atoms with Gasteiger partial charge < -0.3 is 10.6 Å². The minimum Gasteiger partial charge on any atom is -0.382 e. The monoisotopic (exact) mass is 376 g/mol. The number of anilines is 2. The first-order valence-corrected chi connectivity index (χ1v) is 10.3. The second-order valence-electron chi connectivity index (χ2n) is 7.43. The number of hydrogen-bond donors (Lipinski definition) is 1. The smallest absolute Gasteiger partial charge is 0.227 e. The average molecular weight is 377 g/mol. The number of nitrogens with zero attached hydrogens (tertiary/aromatic N) is 3. The molecule has 0 amide bonds. The maximum absolute atomic E-state index is 12.8. The molecule has 6 nitrogen and oxygen atoms in total. The summed E-state index contributed by atoms with van der Waals surface area (Å²) in [4.78, 5) is 10.8. The predicted octanol–water partition coefficient (Wildman–Crippen LogP) is 3.32. The third-order valence-corrected chi connectivity index (χ3v) is 5.63. The van der Waals surface area contributed by atoms with Gasteiger partial charge in [0, 0.05) is 13.1 Å². The molecule has 26 heavy (non-hydrogen) atoms. The third-order valence-electron chi connectivity index (χ3n) is 3.84. The summed E-state index contributed by atoms with van der Waals surface area (Å²) in [7, 11) is -3.74. The normalized spacial score (nSPS) is 12.0. The van der Waals surface area contributed by atoms with Crippen LogP contribution in [0.5, 0.6) is 0 Å². The highest BCUT2D eigenvalue weighted by atomic mass is 32.2. The zero-order chi connectivity index (χ0) is 19.5. The molecule has 1 aromatic carbocycles. The van der Waals surface area contributed by atoms with Crippen molar-refractivity contribution in [3.63, 3.8) is 0 Å². The minimum absolute atomic E-state index is 0.0203. The van der Waals surface area contributed by atoms with E-state index in [9.17, 15) is 8.42 Å². The van der Waals surface area contributed by atoms with E-state index in [-0.39, 0.29) is 15.6 Å². The highest BCUT2D eigenvalue weighted by Gasteiger charge is 2.23. The number of sulfone groups is 1. The Bertz CT molecular complexity index is 836. The number of nitrogens with two attached hydrogens (primary N) is 1. The van der Waals surface area contributed by atoms with Crippen LogP contribution in [0, 0.1) is 18.8 Å². The fourth-order valence-electron chi connectivity index (χ4n) is 2.70. The van der Waals surface area contributed by atoms with E-state index in [1.807, 2.05) is 11.8 Å². The Labute approximate surface area is 156 Å². The molecular formula is C19H28N4O2S. The largest absolute Gasteiger partial charge is 0.382 e. The number of aryl methyl sites for hydroxylation is 1. The summed E-state index contributed by atoms with van der Waals surface area (Å²) in [6.45, 7) is 11.9. The van der Waals surface area contributed by atoms with Gasteiger partial charge in [0.1, 0.15) is 10.7 Å². The van der Waals surface area contributed by atoms with Crippen molar-refractivity contribution in [1.82, 2.24) is 9.97 Å². The van der Waals surface area contributed by atoms with Gasteiger partial charge >= 0.3 is 0 Å². The van der Waals surface area contributed by atoms with Crippen LogP contribution in [0.1, 0.15) is 33.3 Å². The zero-order valence-electron chi connectivity index (χ0n) is 16.1. The lowest BCUT2D eigenvalue weighted by molar-refractivity contribution is 0.543. The van der Waals surface area contributed by atoms with Crippen LogP contribution in [-0.4, -0.2) is 31.5 Å². The van der Waals surface area contributed by atoms with Gasteiger partial charge in [-0.1, -0.05) is 45.4 Å². The van der Waals surface area contributed by atoms with Crippen LogP contribution in [0.2, 0.25) is 0 Å². The fraction of sp³-hybridized carbons (Fsp3) is 0.474. The SMILES string of the molecule is Cc1ccc(S(=O)(=O)c2cnc(N(CC(C)C)CC(C)C)nc2N)cc1. The van der Waals surface area contributed by atoms with Crippen molar-refractivity contribution < 1.29 is 8.42 Å². The summed E-state index contributed by atoms with van der Waals surface area (Å²) >= 11 is 0. The molecule has 0 bridgehead atoms. The molecule has 2 aromatic rings. The molecule has 1 heterocycles. The molecule has 0 aliphatic heterocycles. The molecule has 0 saturated heterocycles. The van der Waals surface area contributed by atoms with Crippen LogP contribution < -0.4 is 10.6 Å². The van der Waals surface area contributed by atoms with Crippen LogP contribution in [0.4, 0.5) is 11.8 Å². The molecule has 0 saturated carbocycles. The highest BCUT2D eigenvalue weighted by molar-refractivity contribution is 7.91. The van der Waals surface area contributed by atoms with Gasteiger partial charge in [0.05, 0.1) is 11.1 Å². The van der Waals surface area contributed by atoms with Gasteiger partial charge in [0.25, 0.3) is 0 Å². The maximum Gasteiger partial charge on any atom is 0.227 e. The van der Waals surface area contributed by atoms with E-state index in [1.54, 1.807) is 24.3 Å². The Morgan fingerprint density at radius 2 is 1.58 bits per heavy atom. The highest BCUT2D eigenvalue weighted by Crippen LogP contribution is 2.26. The zero-order valence-corrected chi connectivity index (χ0v) is 16.9. The third kappa shape index (κ3) is 4.72. The number of aromatic nitrogens is 2. The fourth-order valence-corrected chi connectivity index (χ4v) is 3.96.